The number of benzene rings is 3. The smallest absolute Gasteiger partial charge is 0.119 e. The van der Waals surface area contributed by atoms with Crippen LogP contribution in [-0.4, -0.2) is 40.4 Å². The molecular formula is C27H31NO3. The summed E-state index contributed by atoms with van der Waals surface area (Å²) in [7, 11) is 0. The number of rotatable bonds is 8. The van der Waals surface area contributed by atoms with Gasteiger partial charge in [-0.2, -0.15) is 0 Å². The molecule has 2 N–H and O–H groups in total. The number of aryl methyl sites for hydroxylation is 1. The van der Waals surface area contributed by atoms with Gasteiger partial charge in [0.25, 0.3) is 0 Å². The molecule has 0 bridgehead atoms. The van der Waals surface area contributed by atoms with Gasteiger partial charge in [0.1, 0.15) is 24.2 Å². The molecule has 1 aliphatic rings. The largest absolute Gasteiger partial charge is 0.508 e. The van der Waals surface area contributed by atoms with Gasteiger partial charge in [-0.25, -0.2) is 0 Å². The highest BCUT2D eigenvalue weighted by atomic mass is 16.5. The first kappa shape index (κ1) is 21.4. The van der Waals surface area contributed by atoms with Crippen LogP contribution in [0, 0.1) is 0 Å². The lowest BCUT2D eigenvalue weighted by Crippen LogP contribution is -2.42. The molecule has 4 rings (SSSR count). The maximum absolute atomic E-state index is 10.8. The molecule has 0 spiro atoms. The van der Waals surface area contributed by atoms with Crippen molar-refractivity contribution in [1.29, 1.82) is 0 Å². The summed E-state index contributed by atoms with van der Waals surface area (Å²) in [5, 5.41) is 20.8. The number of phenolic OH excluding ortho intramolecular Hbond substituents is 1. The predicted octanol–water partition coefficient (Wildman–Crippen LogP) is 4.58. The molecule has 1 aliphatic carbocycles. The molecule has 31 heavy (non-hydrogen) atoms. The van der Waals surface area contributed by atoms with E-state index in [0.29, 0.717) is 18.3 Å². The standard InChI is InChI=1S/C27H31NO3/c29-25-15-14-22-10-7-11-24(16-23(22)17-25)28(18-21-8-3-1-4-9-21)19-26(30)20-31-27-12-5-2-6-13-27/h1-6,8-9,12-15,17,24,26,29-30H,7,10-11,16,18-20H2/t24?,26-/m0/s1. The Bertz CT molecular complexity index is 945. The van der Waals surface area contributed by atoms with Crippen molar-refractivity contribution in [1.82, 2.24) is 4.90 Å². The third-order valence-electron chi connectivity index (χ3n) is 6.00. The van der Waals surface area contributed by atoms with Crippen LogP contribution in [0.4, 0.5) is 0 Å². The molecule has 0 heterocycles. The Morgan fingerprint density at radius 3 is 2.45 bits per heavy atom. The number of para-hydroxylation sites is 1. The van der Waals surface area contributed by atoms with Crippen molar-refractivity contribution in [3.05, 3.63) is 95.6 Å². The highest BCUT2D eigenvalue weighted by molar-refractivity contribution is 5.36. The van der Waals surface area contributed by atoms with Crippen LogP contribution in [0.3, 0.4) is 0 Å². The fourth-order valence-corrected chi connectivity index (χ4v) is 4.44. The molecule has 0 saturated carbocycles. The molecule has 3 aromatic carbocycles. The minimum absolute atomic E-state index is 0.263. The molecule has 3 aromatic rings. The van der Waals surface area contributed by atoms with Crippen LogP contribution in [0.1, 0.15) is 29.5 Å². The lowest BCUT2D eigenvalue weighted by Gasteiger charge is -2.33. The Morgan fingerprint density at radius 1 is 0.935 bits per heavy atom. The number of hydrogen-bond donors (Lipinski definition) is 2. The molecule has 2 atom stereocenters. The summed E-state index contributed by atoms with van der Waals surface area (Å²) in [6, 6.07) is 26.1. The quantitative estimate of drug-likeness (QED) is 0.527. The summed E-state index contributed by atoms with van der Waals surface area (Å²) in [5.74, 6) is 1.10. The number of aliphatic hydroxyl groups excluding tert-OH is 1. The Morgan fingerprint density at radius 2 is 1.68 bits per heavy atom. The van der Waals surface area contributed by atoms with Gasteiger partial charge in [0.15, 0.2) is 0 Å². The molecule has 0 radical (unpaired) electrons. The van der Waals surface area contributed by atoms with E-state index in [2.05, 4.69) is 35.2 Å². The van der Waals surface area contributed by atoms with Crippen molar-refractivity contribution in [2.75, 3.05) is 13.2 Å². The normalized spacial score (nSPS) is 17.0. The van der Waals surface area contributed by atoms with Crippen molar-refractivity contribution in [2.45, 2.75) is 44.4 Å². The monoisotopic (exact) mass is 417 g/mol. The lowest BCUT2D eigenvalue weighted by atomic mass is 10.00. The predicted molar refractivity (Wildman–Crippen MR) is 123 cm³/mol. The molecule has 0 aromatic heterocycles. The first-order valence-electron chi connectivity index (χ1n) is 11.1. The van der Waals surface area contributed by atoms with Gasteiger partial charge >= 0.3 is 0 Å². The minimum atomic E-state index is -0.587. The van der Waals surface area contributed by atoms with Crippen LogP contribution >= 0.6 is 0 Å². The highest BCUT2D eigenvalue weighted by Crippen LogP contribution is 2.27. The number of aliphatic hydroxyl groups is 1. The molecular weight excluding hydrogens is 386 g/mol. The van der Waals surface area contributed by atoms with Crippen molar-refractivity contribution < 1.29 is 14.9 Å². The van der Waals surface area contributed by atoms with Gasteiger partial charge in [0, 0.05) is 19.1 Å². The fourth-order valence-electron chi connectivity index (χ4n) is 4.44. The molecule has 162 valence electrons. The Balaban J connectivity index is 1.48. The van der Waals surface area contributed by atoms with Crippen LogP contribution in [0.5, 0.6) is 11.5 Å². The zero-order chi connectivity index (χ0) is 21.5. The first-order chi connectivity index (χ1) is 15.2. The Hall–Kier alpha value is -2.82. The summed E-state index contributed by atoms with van der Waals surface area (Å²) in [6.07, 6.45) is 3.49. The van der Waals surface area contributed by atoms with Crippen molar-refractivity contribution in [2.24, 2.45) is 0 Å². The fraction of sp³-hybridized carbons (Fsp3) is 0.333. The third kappa shape index (κ3) is 6.09. The van der Waals surface area contributed by atoms with E-state index in [1.54, 1.807) is 6.07 Å². The van der Waals surface area contributed by atoms with Crippen molar-refractivity contribution in [3.63, 3.8) is 0 Å². The van der Waals surface area contributed by atoms with Gasteiger partial charge in [-0.05, 0) is 66.6 Å². The molecule has 4 nitrogen and oxygen atoms in total. The maximum Gasteiger partial charge on any atom is 0.119 e. The lowest BCUT2D eigenvalue weighted by molar-refractivity contribution is 0.0463. The zero-order valence-electron chi connectivity index (χ0n) is 17.9. The van der Waals surface area contributed by atoms with Crippen molar-refractivity contribution in [3.8, 4) is 11.5 Å². The van der Waals surface area contributed by atoms with Gasteiger partial charge in [0.05, 0.1) is 0 Å². The number of ether oxygens (including phenoxy) is 1. The van der Waals surface area contributed by atoms with E-state index in [9.17, 15) is 10.2 Å². The Kier molecular flexibility index (Phi) is 7.23. The van der Waals surface area contributed by atoms with E-state index in [1.807, 2.05) is 42.5 Å². The molecule has 0 saturated heterocycles. The second kappa shape index (κ2) is 10.5. The zero-order valence-corrected chi connectivity index (χ0v) is 17.9. The highest BCUT2D eigenvalue weighted by Gasteiger charge is 2.25. The van der Waals surface area contributed by atoms with E-state index in [0.717, 1.165) is 38.0 Å². The van der Waals surface area contributed by atoms with E-state index in [4.69, 9.17) is 4.74 Å². The molecule has 0 fully saturated rings. The summed E-state index contributed by atoms with van der Waals surface area (Å²) < 4.78 is 5.79. The van der Waals surface area contributed by atoms with Gasteiger partial charge in [-0.1, -0.05) is 54.6 Å². The number of nitrogens with zero attached hydrogens (tertiary/aromatic N) is 1. The second-order valence-electron chi connectivity index (χ2n) is 8.40. The second-order valence-corrected chi connectivity index (χ2v) is 8.40. The number of fused-ring (bicyclic) bond motifs is 1. The van der Waals surface area contributed by atoms with Crippen LogP contribution in [0.25, 0.3) is 0 Å². The summed E-state index contributed by atoms with van der Waals surface area (Å²) in [4.78, 5) is 2.38. The van der Waals surface area contributed by atoms with Crippen molar-refractivity contribution >= 4 is 0 Å². The van der Waals surface area contributed by atoms with Crippen LogP contribution < -0.4 is 4.74 Å². The molecule has 0 amide bonds. The minimum Gasteiger partial charge on any atom is -0.508 e. The molecule has 4 heteroatoms. The average Bonchev–Trinajstić information content (AvgIpc) is 3.01. The summed E-state index contributed by atoms with van der Waals surface area (Å²) in [6.45, 7) is 1.59. The van der Waals surface area contributed by atoms with E-state index >= 15 is 0 Å². The topological polar surface area (TPSA) is 52.9 Å². The number of phenols is 1. The SMILES string of the molecule is Oc1ccc2c(c1)CC(N(Cc1ccccc1)C[C@H](O)COc1ccccc1)CCC2. The van der Waals surface area contributed by atoms with Gasteiger partial charge in [0.2, 0.25) is 0 Å². The summed E-state index contributed by atoms with van der Waals surface area (Å²) in [5.41, 5.74) is 3.78. The Labute approximate surface area is 184 Å². The average molecular weight is 418 g/mol. The summed E-state index contributed by atoms with van der Waals surface area (Å²) >= 11 is 0. The maximum atomic E-state index is 10.8. The van der Waals surface area contributed by atoms with Gasteiger partial charge < -0.3 is 14.9 Å². The molecule has 1 unspecified atom stereocenters. The van der Waals surface area contributed by atoms with Gasteiger partial charge in [-0.3, -0.25) is 4.90 Å². The van der Waals surface area contributed by atoms with Gasteiger partial charge in [-0.15, -0.1) is 0 Å². The van der Waals surface area contributed by atoms with Crippen LogP contribution in [0.15, 0.2) is 78.9 Å². The van der Waals surface area contributed by atoms with E-state index < -0.39 is 6.10 Å². The van der Waals surface area contributed by atoms with Crippen LogP contribution in [-0.2, 0) is 19.4 Å². The number of hydrogen-bond acceptors (Lipinski definition) is 4. The van der Waals surface area contributed by atoms with Crippen LogP contribution in [0.2, 0.25) is 0 Å². The van der Waals surface area contributed by atoms with E-state index in [-0.39, 0.29) is 6.61 Å². The first-order valence-corrected chi connectivity index (χ1v) is 11.1. The molecule has 0 aliphatic heterocycles. The van der Waals surface area contributed by atoms with E-state index in [1.165, 1.54) is 16.7 Å². The number of aromatic hydroxyl groups is 1. The third-order valence-corrected chi connectivity index (χ3v) is 6.00.